The van der Waals surface area contributed by atoms with Crippen LogP contribution in [0.4, 0.5) is 0 Å². The van der Waals surface area contributed by atoms with Crippen LogP contribution >= 0.6 is 0 Å². The molecule has 2 N–H and O–H groups in total. The van der Waals surface area contributed by atoms with Crippen molar-refractivity contribution in [3.63, 3.8) is 0 Å². The van der Waals surface area contributed by atoms with Gasteiger partial charge < -0.3 is 5.84 Å². The SMILES string of the molecule is CC(=O)/C(C)=N/N. The van der Waals surface area contributed by atoms with Crippen LogP contribution in [0.5, 0.6) is 0 Å². The van der Waals surface area contributed by atoms with Crippen LogP contribution in [0, 0.1) is 0 Å². The van der Waals surface area contributed by atoms with Crippen molar-refractivity contribution < 1.29 is 4.79 Å². The average Bonchev–Trinajstić information content (AvgIpc) is 1.65. The topological polar surface area (TPSA) is 55.5 Å². The average molecular weight is 100 g/mol. The molecule has 0 aromatic rings. The summed E-state index contributed by atoms with van der Waals surface area (Å²) in [5.74, 6) is 4.66. The van der Waals surface area contributed by atoms with Gasteiger partial charge in [0.25, 0.3) is 0 Å². The van der Waals surface area contributed by atoms with E-state index in [-0.39, 0.29) is 5.78 Å². The fourth-order valence-electron chi connectivity index (χ4n) is 0.0909. The summed E-state index contributed by atoms with van der Waals surface area (Å²) in [6.45, 7) is 2.99. The van der Waals surface area contributed by atoms with Gasteiger partial charge in [0.05, 0.1) is 5.71 Å². The maximum absolute atomic E-state index is 10.2. The molecule has 0 saturated heterocycles. The number of Topliss-reactive ketones (excluding diaryl/α,β-unsaturated/α-hetero) is 1. The van der Waals surface area contributed by atoms with E-state index in [0.29, 0.717) is 5.71 Å². The lowest BCUT2D eigenvalue weighted by molar-refractivity contribution is -0.111. The molecule has 0 aromatic heterocycles. The first-order chi connectivity index (χ1) is 3.18. The van der Waals surface area contributed by atoms with Gasteiger partial charge in [0, 0.05) is 6.92 Å². The predicted octanol–water partition coefficient (Wildman–Crippen LogP) is -0.0900. The minimum Gasteiger partial charge on any atom is -0.323 e. The number of nitrogens with zero attached hydrogens (tertiary/aromatic N) is 1. The van der Waals surface area contributed by atoms with E-state index >= 15 is 0 Å². The Hall–Kier alpha value is -0.860. The van der Waals surface area contributed by atoms with Crippen molar-refractivity contribution in [1.29, 1.82) is 0 Å². The van der Waals surface area contributed by atoms with E-state index in [1.807, 2.05) is 0 Å². The molecule has 0 aliphatic heterocycles. The maximum atomic E-state index is 10.2. The molecule has 3 nitrogen and oxygen atoms in total. The van der Waals surface area contributed by atoms with Gasteiger partial charge in [-0.2, -0.15) is 5.10 Å². The van der Waals surface area contributed by atoms with Gasteiger partial charge in [-0.05, 0) is 6.92 Å². The Morgan fingerprint density at radius 2 is 2.00 bits per heavy atom. The number of carbonyl (C=O) groups is 1. The molecule has 0 bridgehead atoms. The number of ketones is 1. The van der Waals surface area contributed by atoms with Crippen LogP contribution in [0.25, 0.3) is 0 Å². The minimum atomic E-state index is -0.0810. The van der Waals surface area contributed by atoms with Crippen molar-refractivity contribution in [2.75, 3.05) is 0 Å². The largest absolute Gasteiger partial charge is 0.323 e. The highest BCUT2D eigenvalue weighted by molar-refractivity contribution is 6.37. The molecule has 40 valence electrons. The van der Waals surface area contributed by atoms with Crippen LogP contribution in [0.15, 0.2) is 5.10 Å². The summed E-state index contributed by atoms with van der Waals surface area (Å²) in [6, 6.07) is 0. The van der Waals surface area contributed by atoms with Crippen LogP contribution in [0.1, 0.15) is 13.8 Å². The first kappa shape index (κ1) is 6.14. The van der Waals surface area contributed by atoms with Gasteiger partial charge in [-0.1, -0.05) is 0 Å². The van der Waals surface area contributed by atoms with Crippen molar-refractivity contribution in [2.24, 2.45) is 10.9 Å². The second kappa shape index (κ2) is 2.34. The molecule has 0 heterocycles. The van der Waals surface area contributed by atoms with Gasteiger partial charge in [-0.15, -0.1) is 0 Å². The second-order valence-electron chi connectivity index (χ2n) is 1.27. The Morgan fingerprint density at radius 3 is 2.00 bits per heavy atom. The minimum absolute atomic E-state index is 0.0810. The van der Waals surface area contributed by atoms with Crippen molar-refractivity contribution in [3.8, 4) is 0 Å². The van der Waals surface area contributed by atoms with Crippen LogP contribution < -0.4 is 5.84 Å². The Kier molecular flexibility index (Phi) is 2.05. The number of rotatable bonds is 1. The molecule has 0 rings (SSSR count). The summed E-state index contributed by atoms with van der Waals surface area (Å²) in [7, 11) is 0. The third kappa shape index (κ3) is 1.92. The van der Waals surface area contributed by atoms with Crippen LogP contribution in [0.3, 0.4) is 0 Å². The fourth-order valence-corrected chi connectivity index (χ4v) is 0.0909. The van der Waals surface area contributed by atoms with E-state index in [1.165, 1.54) is 6.92 Å². The van der Waals surface area contributed by atoms with E-state index in [2.05, 4.69) is 5.10 Å². The molecule has 0 fully saturated rings. The molecule has 0 spiro atoms. The maximum Gasteiger partial charge on any atom is 0.175 e. The number of hydrazone groups is 1. The van der Waals surface area contributed by atoms with Gasteiger partial charge in [0.1, 0.15) is 0 Å². The van der Waals surface area contributed by atoms with Crippen molar-refractivity contribution in [3.05, 3.63) is 0 Å². The van der Waals surface area contributed by atoms with Gasteiger partial charge in [-0.25, -0.2) is 0 Å². The highest BCUT2D eigenvalue weighted by atomic mass is 16.1. The third-order valence-electron chi connectivity index (χ3n) is 0.703. The van der Waals surface area contributed by atoms with Crippen molar-refractivity contribution >= 4 is 11.5 Å². The van der Waals surface area contributed by atoms with Gasteiger partial charge in [0.2, 0.25) is 0 Å². The number of hydrogen-bond donors (Lipinski definition) is 1. The van der Waals surface area contributed by atoms with E-state index in [4.69, 9.17) is 5.84 Å². The Morgan fingerprint density at radius 1 is 1.57 bits per heavy atom. The van der Waals surface area contributed by atoms with Crippen molar-refractivity contribution in [2.45, 2.75) is 13.8 Å². The molecular weight excluding hydrogens is 92.1 g/mol. The van der Waals surface area contributed by atoms with E-state index in [9.17, 15) is 4.79 Å². The van der Waals surface area contributed by atoms with Gasteiger partial charge in [0.15, 0.2) is 5.78 Å². The van der Waals surface area contributed by atoms with Crippen LogP contribution in [0.2, 0.25) is 0 Å². The van der Waals surface area contributed by atoms with Crippen molar-refractivity contribution in [1.82, 2.24) is 0 Å². The summed E-state index contributed by atoms with van der Waals surface area (Å²) in [6.07, 6.45) is 0. The third-order valence-corrected chi connectivity index (χ3v) is 0.703. The lowest BCUT2D eigenvalue weighted by Crippen LogP contribution is -2.06. The molecule has 0 atom stereocenters. The smallest absolute Gasteiger partial charge is 0.175 e. The highest BCUT2D eigenvalue weighted by Crippen LogP contribution is 1.71. The molecule has 0 aliphatic rings. The van der Waals surface area contributed by atoms with Gasteiger partial charge >= 0.3 is 0 Å². The summed E-state index contributed by atoms with van der Waals surface area (Å²) >= 11 is 0. The summed E-state index contributed by atoms with van der Waals surface area (Å²) in [4.78, 5) is 10.2. The zero-order valence-electron chi connectivity index (χ0n) is 4.43. The Labute approximate surface area is 42.2 Å². The summed E-state index contributed by atoms with van der Waals surface area (Å²) in [5.41, 5.74) is 0.361. The molecule has 0 saturated carbocycles. The summed E-state index contributed by atoms with van der Waals surface area (Å²) < 4.78 is 0. The molecule has 7 heavy (non-hydrogen) atoms. The molecule has 0 aliphatic carbocycles. The first-order valence-corrected chi connectivity index (χ1v) is 1.94. The molecule has 3 heteroatoms. The lowest BCUT2D eigenvalue weighted by Gasteiger charge is -1.83. The van der Waals surface area contributed by atoms with E-state index in [0.717, 1.165) is 0 Å². The fraction of sp³-hybridized carbons (Fsp3) is 0.500. The number of carbonyl (C=O) groups excluding carboxylic acids is 1. The monoisotopic (exact) mass is 100 g/mol. The molecule has 0 unspecified atom stereocenters. The molecule has 0 radical (unpaired) electrons. The summed E-state index contributed by atoms with van der Waals surface area (Å²) in [5, 5.41) is 3.16. The molecule has 0 aromatic carbocycles. The Balaban J connectivity index is 3.82. The lowest BCUT2D eigenvalue weighted by atomic mass is 10.3. The standard InChI is InChI=1S/C4H8N2O/c1-3(6-5)4(2)7/h5H2,1-2H3/b6-3+. The highest BCUT2D eigenvalue weighted by Gasteiger charge is 1.92. The van der Waals surface area contributed by atoms with E-state index < -0.39 is 0 Å². The molecule has 0 amide bonds. The number of hydrogen-bond acceptors (Lipinski definition) is 3. The quantitative estimate of drug-likeness (QED) is 0.284. The first-order valence-electron chi connectivity index (χ1n) is 1.94. The normalized spacial score (nSPS) is 11.4. The van der Waals surface area contributed by atoms with Gasteiger partial charge in [-0.3, -0.25) is 4.79 Å². The Bertz CT molecular complexity index is 106. The number of nitrogens with two attached hydrogens (primary N) is 1. The van der Waals surface area contributed by atoms with E-state index in [1.54, 1.807) is 6.92 Å². The second-order valence-corrected chi connectivity index (χ2v) is 1.27. The zero-order chi connectivity index (χ0) is 5.86. The van der Waals surface area contributed by atoms with Crippen LogP contribution in [-0.4, -0.2) is 11.5 Å². The predicted molar refractivity (Wildman–Crippen MR) is 28.0 cm³/mol. The zero-order valence-corrected chi connectivity index (χ0v) is 4.43. The van der Waals surface area contributed by atoms with Crippen LogP contribution in [-0.2, 0) is 4.79 Å². The molecular formula is C4H8N2O.